The van der Waals surface area contributed by atoms with E-state index in [1.54, 1.807) is 0 Å². The van der Waals surface area contributed by atoms with Gasteiger partial charge in [0.2, 0.25) is 11.8 Å². The minimum atomic E-state index is -0.251. The minimum absolute atomic E-state index is 0.137. The van der Waals surface area contributed by atoms with E-state index in [2.05, 4.69) is 26.1 Å². The topological polar surface area (TPSA) is 72.2 Å². The number of hydrogen-bond acceptors (Lipinski definition) is 2. The van der Waals surface area contributed by atoms with Gasteiger partial charge >= 0.3 is 0 Å². The third kappa shape index (κ3) is 10.1. The molecule has 0 spiro atoms. The summed E-state index contributed by atoms with van der Waals surface area (Å²) in [6.07, 6.45) is 4.98. The second-order valence-corrected chi connectivity index (χ2v) is 5.35. The van der Waals surface area contributed by atoms with E-state index in [4.69, 9.17) is 5.73 Å². The van der Waals surface area contributed by atoms with Crippen LogP contribution < -0.4 is 11.1 Å². The van der Waals surface area contributed by atoms with Crippen LogP contribution in [-0.2, 0) is 9.59 Å². The molecule has 0 aromatic rings. The zero-order valence-electron chi connectivity index (χ0n) is 12.0. The molecule has 18 heavy (non-hydrogen) atoms. The van der Waals surface area contributed by atoms with Gasteiger partial charge in [0.1, 0.15) is 0 Å². The lowest BCUT2D eigenvalue weighted by molar-refractivity contribution is -0.122. The van der Waals surface area contributed by atoms with Crippen LogP contribution in [0.4, 0.5) is 0 Å². The molecule has 2 unspecified atom stereocenters. The first-order valence-electron chi connectivity index (χ1n) is 7.00. The molecule has 2 atom stereocenters. The highest BCUT2D eigenvalue weighted by atomic mass is 16.1. The Morgan fingerprint density at radius 1 is 1.11 bits per heavy atom. The van der Waals surface area contributed by atoms with Gasteiger partial charge in [-0.25, -0.2) is 0 Å². The summed E-state index contributed by atoms with van der Waals surface area (Å²) in [5.41, 5.74) is 5.09. The number of primary amides is 1. The molecule has 0 radical (unpaired) electrons. The predicted molar refractivity (Wildman–Crippen MR) is 73.9 cm³/mol. The van der Waals surface area contributed by atoms with E-state index < -0.39 is 0 Å². The summed E-state index contributed by atoms with van der Waals surface area (Å²) in [6.45, 7) is 7.01. The second-order valence-electron chi connectivity index (χ2n) is 5.35. The van der Waals surface area contributed by atoms with Crippen molar-refractivity contribution in [2.24, 2.45) is 17.6 Å². The Morgan fingerprint density at radius 3 is 2.33 bits per heavy atom. The van der Waals surface area contributed by atoms with Gasteiger partial charge in [0.25, 0.3) is 0 Å². The first kappa shape index (κ1) is 16.9. The maximum Gasteiger partial charge on any atom is 0.220 e. The molecule has 2 amide bonds. The Hall–Kier alpha value is -1.06. The van der Waals surface area contributed by atoms with Crippen LogP contribution in [0.1, 0.15) is 59.3 Å². The molecule has 0 bridgehead atoms. The molecular formula is C14H28N2O2. The first-order valence-corrected chi connectivity index (χ1v) is 7.00. The third-order valence-corrected chi connectivity index (χ3v) is 3.16. The average Bonchev–Trinajstić information content (AvgIpc) is 2.26. The highest BCUT2D eigenvalue weighted by molar-refractivity contribution is 5.76. The smallest absolute Gasteiger partial charge is 0.220 e. The van der Waals surface area contributed by atoms with Gasteiger partial charge in [0.05, 0.1) is 0 Å². The number of amides is 2. The zero-order valence-corrected chi connectivity index (χ0v) is 12.0. The maximum atomic E-state index is 11.6. The molecule has 106 valence electrons. The normalized spacial score (nSPS) is 13.9. The van der Waals surface area contributed by atoms with Gasteiger partial charge in [-0.05, 0) is 24.7 Å². The standard InChI is InChI=1S/C14H28N2O2/c1-4-5-12(3)10-14(18)16-9-8-11(2)6-7-13(15)17/h11-12H,4-10H2,1-3H3,(H2,15,17)(H,16,18). The van der Waals surface area contributed by atoms with Gasteiger partial charge in [0, 0.05) is 19.4 Å². The van der Waals surface area contributed by atoms with Gasteiger partial charge in [-0.15, -0.1) is 0 Å². The largest absolute Gasteiger partial charge is 0.370 e. The number of hydrogen-bond donors (Lipinski definition) is 2. The van der Waals surface area contributed by atoms with Crippen molar-refractivity contribution in [2.75, 3.05) is 6.54 Å². The molecule has 0 aromatic heterocycles. The molecule has 0 aliphatic heterocycles. The molecule has 3 N–H and O–H groups in total. The van der Waals surface area contributed by atoms with Crippen LogP contribution in [-0.4, -0.2) is 18.4 Å². The molecule has 4 nitrogen and oxygen atoms in total. The number of nitrogens with two attached hydrogens (primary N) is 1. The second kappa shape index (κ2) is 9.92. The predicted octanol–water partition coefficient (Wildman–Crippen LogP) is 2.22. The van der Waals surface area contributed by atoms with Crippen molar-refractivity contribution in [2.45, 2.75) is 59.3 Å². The molecule has 0 fully saturated rings. The summed E-state index contributed by atoms with van der Waals surface area (Å²) in [6, 6.07) is 0. The Labute approximate surface area is 111 Å². The zero-order chi connectivity index (χ0) is 14.0. The van der Waals surface area contributed by atoms with Crippen molar-refractivity contribution < 1.29 is 9.59 Å². The monoisotopic (exact) mass is 256 g/mol. The molecule has 0 saturated carbocycles. The Bertz CT molecular complexity index is 254. The van der Waals surface area contributed by atoms with Crippen molar-refractivity contribution in [3.05, 3.63) is 0 Å². The number of carbonyl (C=O) groups is 2. The minimum Gasteiger partial charge on any atom is -0.370 e. The van der Waals surface area contributed by atoms with Crippen LogP contribution in [0, 0.1) is 11.8 Å². The summed E-state index contributed by atoms with van der Waals surface area (Å²) >= 11 is 0. The molecule has 0 heterocycles. The molecule has 0 aromatic carbocycles. The van der Waals surface area contributed by atoms with Crippen LogP contribution in [0.2, 0.25) is 0 Å². The van der Waals surface area contributed by atoms with E-state index >= 15 is 0 Å². The highest BCUT2D eigenvalue weighted by Crippen LogP contribution is 2.11. The molecule has 0 saturated heterocycles. The summed E-state index contributed by atoms with van der Waals surface area (Å²) < 4.78 is 0. The Balaban J connectivity index is 3.58. The van der Waals surface area contributed by atoms with Gasteiger partial charge in [-0.1, -0.05) is 33.6 Å². The van der Waals surface area contributed by atoms with E-state index in [9.17, 15) is 9.59 Å². The molecule has 0 rings (SSSR count). The van der Waals surface area contributed by atoms with E-state index in [1.807, 2.05) is 0 Å². The fraction of sp³-hybridized carbons (Fsp3) is 0.857. The summed E-state index contributed by atoms with van der Waals surface area (Å²) in [7, 11) is 0. The Kier molecular flexibility index (Phi) is 9.33. The van der Waals surface area contributed by atoms with Crippen LogP contribution >= 0.6 is 0 Å². The summed E-state index contributed by atoms with van der Waals surface area (Å²) in [5, 5.41) is 2.94. The maximum absolute atomic E-state index is 11.6. The molecule has 0 aliphatic carbocycles. The Morgan fingerprint density at radius 2 is 1.78 bits per heavy atom. The van der Waals surface area contributed by atoms with Crippen molar-refractivity contribution in [1.82, 2.24) is 5.32 Å². The number of carbonyl (C=O) groups excluding carboxylic acids is 2. The van der Waals surface area contributed by atoms with Crippen LogP contribution in [0.3, 0.4) is 0 Å². The molecule has 0 aliphatic rings. The quantitative estimate of drug-likeness (QED) is 0.629. The lowest BCUT2D eigenvalue weighted by Gasteiger charge is -2.13. The fourth-order valence-electron chi connectivity index (χ4n) is 1.97. The third-order valence-electron chi connectivity index (χ3n) is 3.16. The number of nitrogens with one attached hydrogen (secondary N) is 1. The highest BCUT2D eigenvalue weighted by Gasteiger charge is 2.09. The average molecular weight is 256 g/mol. The van der Waals surface area contributed by atoms with Gasteiger partial charge in [-0.3, -0.25) is 9.59 Å². The number of rotatable bonds is 10. The fourth-order valence-corrected chi connectivity index (χ4v) is 1.97. The van der Waals surface area contributed by atoms with Crippen molar-refractivity contribution in [3.63, 3.8) is 0 Å². The first-order chi connectivity index (χ1) is 8.45. The van der Waals surface area contributed by atoms with Crippen molar-refractivity contribution in [3.8, 4) is 0 Å². The lowest BCUT2D eigenvalue weighted by Crippen LogP contribution is -2.27. The van der Waals surface area contributed by atoms with Crippen LogP contribution in [0.5, 0.6) is 0 Å². The van der Waals surface area contributed by atoms with Gasteiger partial charge in [0.15, 0.2) is 0 Å². The van der Waals surface area contributed by atoms with E-state index in [-0.39, 0.29) is 11.8 Å². The SMILES string of the molecule is CCCC(C)CC(=O)NCCC(C)CCC(N)=O. The van der Waals surface area contributed by atoms with E-state index in [0.717, 1.165) is 25.7 Å². The van der Waals surface area contributed by atoms with Crippen molar-refractivity contribution in [1.29, 1.82) is 0 Å². The van der Waals surface area contributed by atoms with Gasteiger partial charge < -0.3 is 11.1 Å². The van der Waals surface area contributed by atoms with Gasteiger partial charge in [-0.2, -0.15) is 0 Å². The molecule has 4 heteroatoms. The molecular weight excluding hydrogens is 228 g/mol. The van der Waals surface area contributed by atoms with Crippen LogP contribution in [0.15, 0.2) is 0 Å². The lowest BCUT2D eigenvalue weighted by atomic mass is 10.0. The summed E-state index contributed by atoms with van der Waals surface area (Å²) in [4.78, 5) is 22.2. The van der Waals surface area contributed by atoms with Crippen LogP contribution in [0.25, 0.3) is 0 Å². The van der Waals surface area contributed by atoms with Crippen molar-refractivity contribution >= 4 is 11.8 Å². The summed E-state index contributed by atoms with van der Waals surface area (Å²) in [5.74, 6) is 0.769. The van der Waals surface area contributed by atoms with E-state index in [0.29, 0.717) is 31.2 Å². The van der Waals surface area contributed by atoms with E-state index in [1.165, 1.54) is 0 Å².